The van der Waals surface area contributed by atoms with Crippen LogP contribution in [0.2, 0.25) is 0 Å². The van der Waals surface area contributed by atoms with E-state index in [9.17, 15) is 36.2 Å². The van der Waals surface area contributed by atoms with Gasteiger partial charge in [0.1, 0.15) is 11.3 Å². The molecule has 44 heavy (non-hydrogen) atoms. The summed E-state index contributed by atoms with van der Waals surface area (Å²) in [4.78, 5) is 25.2. The van der Waals surface area contributed by atoms with E-state index in [-0.39, 0.29) is 23.1 Å². The molecule has 234 valence electrons. The fourth-order valence-corrected chi connectivity index (χ4v) is 4.14. The van der Waals surface area contributed by atoms with Crippen molar-refractivity contribution in [3.8, 4) is 34.3 Å². The van der Waals surface area contributed by atoms with Gasteiger partial charge in [-0.3, -0.25) is 4.79 Å². The van der Waals surface area contributed by atoms with E-state index in [2.05, 4.69) is 25.9 Å². The van der Waals surface area contributed by atoms with E-state index in [1.807, 2.05) is 0 Å². The molecular formula is C27H23F6N5O6. The first-order valence-electron chi connectivity index (χ1n) is 12.8. The number of aliphatic hydroxyl groups excluding tert-OH is 1. The normalized spacial score (nSPS) is 15.8. The lowest BCUT2D eigenvalue weighted by Crippen LogP contribution is -2.39. The molecule has 2 atom stereocenters. The highest BCUT2D eigenvalue weighted by Gasteiger charge is 2.43. The summed E-state index contributed by atoms with van der Waals surface area (Å²) in [5.41, 5.74) is -0.541. The quantitative estimate of drug-likeness (QED) is 0.213. The second kappa shape index (κ2) is 13.3. The number of rotatable bonds is 7. The monoisotopic (exact) mass is 627 g/mol. The van der Waals surface area contributed by atoms with Gasteiger partial charge in [0.15, 0.2) is 6.10 Å². The number of carboxylic acids is 1. The lowest BCUT2D eigenvalue weighted by molar-refractivity contribution is -0.192. The lowest BCUT2D eigenvalue weighted by Gasteiger charge is -2.15. The highest BCUT2D eigenvalue weighted by atomic mass is 19.4. The second-order valence-electron chi connectivity index (χ2n) is 9.39. The van der Waals surface area contributed by atoms with Crippen molar-refractivity contribution in [2.45, 2.75) is 37.3 Å². The predicted octanol–water partition coefficient (Wildman–Crippen LogP) is 4.61. The molecule has 1 aliphatic rings. The topological polar surface area (TPSA) is 164 Å². The fraction of sp³-hybridized carbons (Fsp3) is 0.296. The Morgan fingerprint density at radius 3 is 2.20 bits per heavy atom. The van der Waals surface area contributed by atoms with Crippen molar-refractivity contribution in [2.24, 2.45) is 0 Å². The van der Waals surface area contributed by atoms with Crippen LogP contribution >= 0.6 is 0 Å². The van der Waals surface area contributed by atoms with Gasteiger partial charge >= 0.3 is 18.3 Å². The minimum atomic E-state index is -5.08. The molecule has 2 unspecified atom stereocenters. The third kappa shape index (κ3) is 7.78. The van der Waals surface area contributed by atoms with Crippen LogP contribution in [0.3, 0.4) is 0 Å². The molecule has 1 fully saturated rings. The van der Waals surface area contributed by atoms with Crippen molar-refractivity contribution in [3.63, 3.8) is 0 Å². The largest absolute Gasteiger partial charge is 0.490 e. The number of hydrogen-bond donors (Lipinski definition) is 4. The number of hydrogen-bond acceptors (Lipinski definition) is 9. The Morgan fingerprint density at radius 1 is 0.977 bits per heavy atom. The van der Waals surface area contributed by atoms with Crippen LogP contribution in [0.5, 0.6) is 0 Å². The molecular weight excluding hydrogens is 604 g/mol. The Bertz CT molecular complexity index is 1560. The van der Waals surface area contributed by atoms with Gasteiger partial charge in [-0.15, -0.1) is 0 Å². The first-order valence-corrected chi connectivity index (χ1v) is 12.8. The number of carboxylic acid groups (broad SMARTS) is 1. The number of aromatic nitrogens is 3. The molecule has 0 radical (unpaired) electrons. The van der Waals surface area contributed by atoms with Gasteiger partial charge in [0.05, 0.1) is 0 Å². The average Bonchev–Trinajstić information content (AvgIpc) is 3.76. The number of benzene rings is 2. The maximum atomic E-state index is 13.9. The molecule has 4 N–H and O–H groups in total. The Morgan fingerprint density at radius 2 is 1.64 bits per heavy atom. The molecule has 0 saturated carbocycles. The van der Waals surface area contributed by atoms with E-state index in [4.69, 9.17) is 18.9 Å². The number of nitrogens with zero attached hydrogens (tertiary/aromatic N) is 3. The van der Waals surface area contributed by atoms with Crippen molar-refractivity contribution in [1.82, 2.24) is 25.9 Å². The molecule has 5 rings (SSSR count). The highest BCUT2D eigenvalue weighted by Crippen LogP contribution is 2.43. The Hall–Kier alpha value is -4.77. The first-order chi connectivity index (χ1) is 20.8. The van der Waals surface area contributed by atoms with Crippen LogP contribution in [0.15, 0.2) is 63.6 Å². The third-order valence-corrected chi connectivity index (χ3v) is 6.30. The van der Waals surface area contributed by atoms with E-state index >= 15 is 0 Å². The summed E-state index contributed by atoms with van der Waals surface area (Å²) in [5, 5.41) is 30.8. The molecule has 2 aromatic heterocycles. The zero-order chi connectivity index (χ0) is 32.1. The van der Waals surface area contributed by atoms with Crippen LogP contribution in [-0.4, -0.2) is 62.7 Å². The second-order valence-corrected chi connectivity index (χ2v) is 9.39. The van der Waals surface area contributed by atoms with E-state index in [1.54, 1.807) is 18.2 Å². The van der Waals surface area contributed by atoms with Crippen LogP contribution < -0.4 is 10.6 Å². The summed E-state index contributed by atoms with van der Waals surface area (Å²) in [6.45, 7) is 1.33. The van der Waals surface area contributed by atoms with E-state index in [1.165, 1.54) is 36.4 Å². The van der Waals surface area contributed by atoms with Crippen molar-refractivity contribution < 1.29 is 55.2 Å². The summed E-state index contributed by atoms with van der Waals surface area (Å²) in [6.07, 6.45) is -9.24. The fourth-order valence-electron chi connectivity index (χ4n) is 4.14. The summed E-state index contributed by atoms with van der Waals surface area (Å²) in [6, 6.07) is 14.1. The molecule has 0 spiro atoms. The predicted molar refractivity (Wildman–Crippen MR) is 138 cm³/mol. The zero-order valence-corrected chi connectivity index (χ0v) is 22.3. The minimum absolute atomic E-state index is 0.00131. The van der Waals surface area contributed by atoms with Gasteiger partial charge < -0.3 is 29.9 Å². The number of nitrogens with one attached hydrogen (secondary N) is 2. The summed E-state index contributed by atoms with van der Waals surface area (Å²) < 4.78 is 83.6. The molecule has 0 aliphatic carbocycles. The average molecular weight is 627 g/mol. The summed E-state index contributed by atoms with van der Waals surface area (Å²) >= 11 is 0. The number of halogens is 6. The molecule has 1 amide bonds. The first kappa shape index (κ1) is 32.2. The number of amides is 1. The molecule has 4 aromatic rings. The van der Waals surface area contributed by atoms with Gasteiger partial charge in [-0.25, -0.2) is 4.79 Å². The molecule has 2 aromatic carbocycles. The lowest BCUT2D eigenvalue weighted by atomic mass is 10.1. The third-order valence-electron chi connectivity index (χ3n) is 6.30. The smallest absolute Gasteiger partial charge is 0.475 e. The Balaban J connectivity index is 0.000000566. The zero-order valence-electron chi connectivity index (χ0n) is 22.3. The van der Waals surface area contributed by atoms with Gasteiger partial charge in [0.2, 0.25) is 11.6 Å². The van der Waals surface area contributed by atoms with Crippen LogP contribution in [0.4, 0.5) is 26.3 Å². The molecule has 1 aliphatic heterocycles. The van der Waals surface area contributed by atoms with Crippen LogP contribution in [0.25, 0.3) is 34.3 Å². The van der Waals surface area contributed by atoms with Gasteiger partial charge in [-0.2, -0.15) is 31.3 Å². The Kier molecular flexibility index (Phi) is 9.68. The van der Waals surface area contributed by atoms with Crippen LogP contribution in [0.1, 0.15) is 30.1 Å². The van der Waals surface area contributed by atoms with E-state index in [0.717, 1.165) is 19.4 Å². The van der Waals surface area contributed by atoms with Gasteiger partial charge in [0.25, 0.3) is 11.8 Å². The van der Waals surface area contributed by atoms with Gasteiger partial charge in [-0.05, 0) is 24.9 Å². The van der Waals surface area contributed by atoms with E-state index < -0.39 is 47.5 Å². The van der Waals surface area contributed by atoms with Crippen LogP contribution in [0, 0.1) is 0 Å². The van der Waals surface area contributed by atoms with Crippen LogP contribution in [-0.2, 0) is 15.8 Å². The van der Waals surface area contributed by atoms with Gasteiger partial charge in [-0.1, -0.05) is 64.9 Å². The number of aliphatic hydroxyl groups is 1. The summed E-state index contributed by atoms with van der Waals surface area (Å²) in [7, 11) is 0. The number of aliphatic carboxylic acids is 1. The standard InChI is InChI=1S/C25H22F3N5O4.C2HF3O2/c26-25(27,28)18-19(14-5-2-1-3-6-14)32-36-21(18)24-31-22(33-37-24)16-10-8-15(9-11-16)20(34)23(35)30-13-17-7-4-12-29-17;3-2(4,5)1(6)7/h1-3,5-6,8-11,17,20,29,34H,4,7,12-13H2,(H,30,35);(H,6,7). The number of alkyl halides is 6. The number of carbonyl (C=O) groups is 2. The molecule has 17 heteroatoms. The molecule has 3 heterocycles. The summed E-state index contributed by atoms with van der Waals surface area (Å²) in [5.74, 6) is -4.46. The molecule has 11 nitrogen and oxygen atoms in total. The number of carbonyl (C=O) groups excluding carboxylic acids is 1. The van der Waals surface area contributed by atoms with Crippen molar-refractivity contribution in [1.29, 1.82) is 0 Å². The molecule has 0 bridgehead atoms. The van der Waals surface area contributed by atoms with Crippen molar-refractivity contribution in [3.05, 3.63) is 65.7 Å². The Labute approximate surface area is 243 Å². The maximum Gasteiger partial charge on any atom is 0.490 e. The van der Waals surface area contributed by atoms with Gasteiger partial charge in [0, 0.05) is 23.7 Å². The molecule has 1 saturated heterocycles. The minimum Gasteiger partial charge on any atom is -0.475 e. The SMILES string of the molecule is O=C(NCC1CCCN1)C(O)c1ccc(-c2noc(-c3onc(-c4ccccc4)c3C(F)(F)F)n2)cc1.O=C(O)C(F)(F)F. The van der Waals surface area contributed by atoms with E-state index in [0.29, 0.717) is 17.7 Å². The van der Waals surface area contributed by atoms with Crippen molar-refractivity contribution in [2.75, 3.05) is 13.1 Å². The maximum absolute atomic E-state index is 13.9. The van der Waals surface area contributed by atoms with Crippen molar-refractivity contribution >= 4 is 11.9 Å². The highest BCUT2D eigenvalue weighted by molar-refractivity contribution is 5.82.